The van der Waals surface area contributed by atoms with Crippen LogP contribution in [-0.4, -0.2) is 56.9 Å². The van der Waals surface area contributed by atoms with Crippen LogP contribution < -0.4 is 10.2 Å². The van der Waals surface area contributed by atoms with E-state index >= 15 is 0 Å². The van der Waals surface area contributed by atoms with Gasteiger partial charge in [0.05, 0.1) is 12.8 Å². The normalized spacial score (nSPS) is 16.2. The topological polar surface area (TPSA) is 98.1 Å². The van der Waals surface area contributed by atoms with Crippen LogP contribution in [0.2, 0.25) is 0 Å². The first kappa shape index (κ1) is 17.9. The smallest absolute Gasteiger partial charge is 0.378 e. The molecule has 0 saturated carbocycles. The lowest BCUT2D eigenvalue weighted by Crippen LogP contribution is -2.28. The van der Waals surface area contributed by atoms with E-state index in [9.17, 15) is 4.79 Å². The first-order valence-electron chi connectivity index (χ1n) is 9.03. The van der Waals surface area contributed by atoms with Crippen molar-refractivity contribution in [1.82, 2.24) is 24.7 Å². The summed E-state index contributed by atoms with van der Waals surface area (Å²) < 4.78 is 6.21. The van der Waals surface area contributed by atoms with E-state index < -0.39 is 5.97 Å². The molecule has 1 aliphatic rings. The lowest BCUT2D eigenvalue weighted by molar-refractivity contribution is 0.0586. The Morgan fingerprint density at radius 3 is 2.82 bits per heavy atom. The minimum absolute atomic E-state index is 0.0428. The van der Waals surface area contributed by atoms with Crippen LogP contribution in [-0.2, 0) is 11.8 Å². The molecule has 1 atom stereocenters. The second kappa shape index (κ2) is 7.63. The molecule has 0 amide bonds. The summed E-state index contributed by atoms with van der Waals surface area (Å²) in [6.07, 6.45) is 2.69. The Labute approximate surface area is 162 Å². The predicted molar refractivity (Wildman–Crippen MR) is 104 cm³/mol. The van der Waals surface area contributed by atoms with E-state index in [1.807, 2.05) is 36.4 Å². The van der Waals surface area contributed by atoms with Crippen molar-refractivity contribution in [2.45, 2.75) is 12.5 Å². The van der Waals surface area contributed by atoms with Crippen molar-refractivity contribution in [1.29, 1.82) is 0 Å². The van der Waals surface area contributed by atoms with Crippen LogP contribution >= 0.6 is 0 Å². The van der Waals surface area contributed by atoms with Crippen molar-refractivity contribution >= 4 is 17.9 Å². The van der Waals surface area contributed by atoms with Gasteiger partial charge in [-0.05, 0) is 12.5 Å². The van der Waals surface area contributed by atoms with Gasteiger partial charge in [-0.2, -0.15) is 4.98 Å². The lowest BCUT2D eigenvalue weighted by Gasteiger charge is -2.17. The largest absolute Gasteiger partial charge is 0.463 e. The van der Waals surface area contributed by atoms with Gasteiger partial charge in [0.2, 0.25) is 11.9 Å². The number of hydrogen-bond donors (Lipinski definition) is 1. The fourth-order valence-corrected chi connectivity index (χ4v) is 3.20. The maximum Gasteiger partial charge on any atom is 0.378 e. The SMILES string of the molecule is COC(=O)c1nc(NC2CCN(c3nccc(-c4ccccc4)n3)C2)n(C)n1. The molecule has 4 rings (SSSR count). The number of aromatic nitrogens is 5. The third kappa shape index (κ3) is 3.64. The van der Waals surface area contributed by atoms with Gasteiger partial charge in [0, 0.05) is 37.9 Å². The molecular weight excluding hydrogens is 358 g/mol. The number of benzene rings is 1. The number of anilines is 2. The Balaban J connectivity index is 1.45. The number of carbonyl (C=O) groups excluding carboxylic acids is 1. The number of ether oxygens (including phenoxy) is 1. The van der Waals surface area contributed by atoms with E-state index in [1.165, 1.54) is 7.11 Å². The Bertz CT molecular complexity index is 973. The fraction of sp³-hybridized carbons (Fsp3) is 0.316. The lowest BCUT2D eigenvalue weighted by atomic mass is 10.1. The summed E-state index contributed by atoms with van der Waals surface area (Å²) in [7, 11) is 3.05. The van der Waals surface area contributed by atoms with Gasteiger partial charge < -0.3 is 15.0 Å². The molecule has 3 aromatic rings. The van der Waals surface area contributed by atoms with E-state index in [4.69, 9.17) is 4.98 Å². The Morgan fingerprint density at radius 1 is 1.21 bits per heavy atom. The van der Waals surface area contributed by atoms with Gasteiger partial charge in [0.1, 0.15) is 0 Å². The van der Waals surface area contributed by atoms with E-state index in [0.717, 1.165) is 30.8 Å². The standard InChI is InChI=1S/C19H21N7O2/c1-25-19(23-16(24-25)17(27)28-2)21-14-9-11-26(12-14)18-20-10-8-15(22-18)13-6-4-3-5-7-13/h3-8,10,14H,9,11-12H2,1-2H3,(H,21,23,24). The summed E-state index contributed by atoms with van der Waals surface area (Å²) >= 11 is 0. The highest BCUT2D eigenvalue weighted by atomic mass is 16.5. The minimum atomic E-state index is -0.553. The van der Waals surface area contributed by atoms with Gasteiger partial charge in [-0.3, -0.25) is 0 Å². The van der Waals surface area contributed by atoms with Crippen LogP contribution in [0.25, 0.3) is 11.3 Å². The molecule has 1 aromatic carbocycles. The number of esters is 1. The number of methoxy groups -OCH3 is 1. The Morgan fingerprint density at radius 2 is 2.04 bits per heavy atom. The third-order valence-electron chi connectivity index (χ3n) is 4.65. The average molecular weight is 379 g/mol. The van der Waals surface area contributed by atoms with Gasteiger partial charge in [-0.15, -0.1) is 5.10 Å². The van der Waals surface area contributed by atoms with E-state index in [0.29, 0.717) is 11.9 Å². The first-order chi connectivity index (χ1) is 13.6. The predicted octanol–water partition coefficient (Wildman–Crippen LogP) is 1.75. The second-order valence-corrected chi connectivity index (χ2v) is 6.56. The molecule has 0 bridgehead atoms. The van der Waals surface area contributed by atoms with Crippen molar-refractivity contribution in [3.05, 3.63) is 48.4 Å². The number of nitrogens with zero attached hydrogens (tertiary/aromatic N) is 6. The van der Waals surface area contributed by atoms with Crippen LogP contribution in [0.1, 0.15) is 17.0 Å². The van der Waals surface area contributed by atoms with E-state index in [1.54, 1.807) is 17.9 Å². The maximum atomic E-state index is 11.6. The number of nitrogens with one attached hydrogen (secondary N) is 1. The molecule has 28 heavy (non-hydrogen) atoms. The average Bonchev–Trinajstić information content (AvgIpc) is 3.35. The molecule has 1 aliphatic heterocycles. The van der Waals surface area contributed by atoms with Gasteiger partial charge in [-0.1, -0.05) is 30.3 Å². The zero-order chi connectivity index (χ0) is 19.5. The Hall–Kier alpha value is -3.49. The van der Waals surface area contributed by atoms with Gasteiger partial charge in [0.25, 0.3) is 5.82 Å². The van der Waals surface area contributed by atoms with Crippen LogP contribution in [0.15, 0.2) is 42.6 Å². The summed E-state index contributed by atoms with van der Waals surface area (Å²) in [6.45, 7) is 1.57. The number of carbonyl (C=O) groups is 1. The molecule has 144 valence electrons. The molecule has 9 heteroatoms. The number of rotatable bonds is 5. The highest BCUT2D eigenvalue weighted by Gasteiger charge is 2.26. The van der Waals surface area contributed by atoms with Crippen LogP contribution in [0.5, 0.6) is 0 Å². The van der Waals surface area contributed by atoms with E-state index in [2.05, 4.69) is 30.0 Å². The molecular formula is C19H21N7O2. The summed E-state index contributed by atoms with van der Waals surface area (Å²) in [5, 5.41) is 7.41. The van der Waals surface area contributed by atoms with Gasteiger partial charge in [0.15, 0.2) is 0 Å². The highest BCUT2D eigenvalue weighted by Crippen LogP contribution is 2.22. The number of hydrogen-bond acceptors (Lipinski definition) is 8. The van der Waals surface area contributed by atoms with Crippen LogP contribution in [0, 0.1) is 0 Å². The third-order valence-corrected chi connectivity index (χ3v) is 4.65. The number of aryl methyl sites for hydroxylation is 1. The summed E-state index contributed by atoms with van der Waals surface area (Å²) in [6, 6.07) is 12.1. The van der Waals surface area contributed by atoms with Crippen molar-refractivity contribution in [3.8, 4) is 11.3 Å². The second-order valence-electron chi connectivity index (χ2n) is 6.56. The molecule has 1 unspecified atom stereocenters. The quantitative estimate of drug-likeness (QED) is 0.670. The van der Waals surface area contributed by atoms with Crippen molar-refractivity contribution < 1.29 is 9.53 Å². The van der Waals surface area contributed by atoms with Crippen molar-refractivity contribution in [2.75, 3.05) is 30.4 Å². The molecule has 3 heterocycles. The maximum absolute atomic E-state index is 11.6. The molecule has 0 spiro atoms. The molecule has 1 N–H and O–H groups in total. The van der Waals surface area contributed by atoms with Crippen molar-refractivity contribution in [2.24, 2.45) is 7.05 Å². The van der Waals surface area contributed by atoms with Gasteiger partial charge in [-0.25, -0.2) is 19.4 Å². The molecule has 1 fully saturated rings. The molecule has 0 radical (unpaired) electrons. The summed E-state index contributed by atoms with van der Waals surface area (Å²) in [5.41, 5.74) is 1.97. The molecule has 0 aliphatic carbocycles. The monoisotopic (exact) mass is 379 g/mol. The molecule has 2 aromatic heterocycles. The van der Waals surface area contributed by atoms with Crippen LogP contribution in [0.4, 0.5) is 11.9 Å². The fourth-order valence-electron chi connectivity index (χ4n) is 3.20. The summed E-state index contributed by atoms with van der Waals surface area (Å²) in [4.78, 5) is 27.1. The Kier molecular flexibility index (Phi) is 4.88. The molecule has 1 saturated heterocycles. The van der Waals surface area contributed by atoms with Gasteiger partial charge >= 0.3 is 5.97 Å². The van der Waals surface area contributed by atoms with Crippen molar-refractivity contribution in [3.63, 3.8) is 0 Å². The zero-order valence-corrected chi connectivity index (χ0v) is 15.7. The molecule has 9 nitrogen and oxygen atoms in total. The first-order valence-corrected chi connectivity index (χ1v) is 9.03. The summed E-state index contributed by atoms with van der Waals surface area (Å²) in [5.74, 6) is 0.731. The zero-order valence-electron chi connectivity index (χ0n) is 15.7. The van der Waals surface area contributed by atoms with Crippen LogP contribution in [0.3, 0.4) is 0 Å². The minimum Gasteiger partial charge on any atom is -0.463 e. The highest BCUT2D eigenvalue weighted by molar-refractivity contribution is 5.85. The van der Waals surface area contributed by atoms with E-state index in [-0.39, 0.29) is 11.9 Å².